The van der Waals surface area contributed by atoms with E-state index in [0.717, 1.165) is 5.92 Å². The fraction of sp³-hybridized carbons (Fsp3) is 0.571. The minimum atomic E-state index is 0.568. The number of nitrogens with one attached hydrogen (secondary N) is 1. The van der Waals surface area contributed by atoms with Crippen molar-refractivity contribution in [2.45, 2.75) is 39.2 Å². The summed E-state index contributed by atoms with van der Waals surface area (Å²) >= 11 is 0. The second-order valence-corrected chi connectivity index (χ2v) is 4.75. The lowest BCUT2D eigenvalue weighted by Gasteiger charge is -2.35. The molecule has 0 aliphatic heterocycles. The van der Waals surface area contributed by atoms with E-state index in [1.807, 2.05) is 0 Å². The molecule has 1 saturated carbocycles. The van der Waals surface area contributed by atoms with Crippen LogP contribution in [-0.4, -0.2) is 7.05 Å². The molecule has 1 N–H and O–H groups in total. The van der Waals surface area contributed by atoms with Gasteiger partial charge in [0.2, 0.25) is 0 Å². The Morgan fingerprint density at radius 3 is 2.53 bits per heavy atom. The van der Waals surface area contributed by atoms with Crippen LogP contribution in [0.15, 0.2) is 18.2 Å². The van der Waals surface area contributed by atoms with Gasteiger partial charge in [0.15, 0.2) is 0 Å². The zero-order valence-corrected chi connectivity index (χ0v) is 10.0. The molecule has 0 amide bonds. The Kier molecular flexibility index (Phi) is 3.11. The van der Waals surface area contributed by atoms with Gasteiger partial charge in [0, 0.05) is 6.04 Å². The molecule has 1 atom stereocenters. The van der Waals surface area contributed by atoms with Gasteiger partial charge in [-0.2, -0.15) is 0 Å². The van der Waals surface area contributed by atoms with Crippen LogP contribution in [0.3, 0.4) is 0 Å². The molecule has 0 spiro atoms. The largest absolute Gasteiger partial charge is 0.313 e. The highest BCUT2D eigenvalue weighted by molar-refractivity contribution is 5.35. The summed E-state index contributed by atoms with van der Waals surface area (Å²) in [5, 5.41) is 3.49. The van der Waals surface area contributed by atoms with Gasteiger partial charge in [-0.05, 0) is 56.3 Å². The summed E-state index contributed by atoms with van der Waals surface area (Å²) in [5.74, 6) is 0.857. The predicted molar refractivity (Wildman–Crippen MR) is 65.1 cm³/mol. The first kappa shape index (κ1) is 10.7. The molecule has 1 aliphatic rings. The Hall–Kier alpha value is -0.820. The van der Waals surface area contributed by atoms with E-state index in [4.69, 9.17) is 0 Å². The number of hydrogen-bond acceptors (Lipinski definition) is 1. The zero-order chi connectivity index (χ0) is 10.8. The van der Waals surface area contributed by atoms with Crippen molar-refractivity contribution < 1.29 is 0 Å². The van der Waals surface area contributed by atoms with E-state index in [0.29, 0.717) is 6.04 Å². The van der Waals surface area contributed by atoms with E-state index in [1.54, 1.807) is 0 Å². The predicted octanol–water partition coefficient (Wildman–Crippen LogP) is 3.36. The molecule has 0 saturated heterocycles. The molecular weight excluding hydrogens is 182 g/mol. The smallest absolute Gasteiger partial charge is 0.0348 e. The van der Waals surface area contributed by atoms with E-state index in [-0.39, 0.29) is 0 Å². The van der Waals surface area contributed by atoms with E-state index < -0.39 is 0 Å². The van der Waals surface area contributed by atoms with Crippen LogP contribution in [0, 0.1) is 19.8 Å². The highest BCUT2D eigenvalue weighted by Gasteiger charge is 2.28. The molecule has 0 aromatic heterocycles. The molecule has 1 aliphatic carbocycles. The SMILES string of the molecule is CNC(c1cccc(C)c1C)C1CCC1. The Bertz CT molecular complexity index is 339. The van der Waals surface area contributed by atoms with Gasteiger partial charge >= 0.3 is 0 Å². The third kappa shape index (κ3) is 1.93. The summed E-state index contributed by atoms with van der Waals surface area (Å²) in [6.45, 7) is 4.44. The van der Waals surface area contributed by atoms with Crippen molar-refractivity contribution in [2.24, 2.45) is 5.92 Å². The summed E-state index contributed by atoms with van der Waals surface area (Å²) in [5.41, 5.74) is 4.37. The van der Waals surface area contributed by atoms with Crippen molar-refractivity contribution in [3.63, 3.8) is 0 Å². The van der Waals surface area contributed by atoms with Gasteiger partial charge in [-0.3, -0.25) is 0 Å². The molecule has 15 heavy (non-hydrogen) atoms. The first-order valence-corrected chi connectivity index (χ1v) is 5.97. The minimum absolute atomic E-state index is 0.568. The summed E-state index contributed by atoms with van der Waals surface area (Å²) in [6, 6.07) is 7.23. The van der Waals surface area contributed by atoms with E-state index >= 15 is 0 Å². The molecule has 1 aromatic carbocycles. The monoisotopic (exact) mass is 203 g/mol. The van der Waals surface area contributed by atoms with Gasteiger partial charge in [0.05, 0.1) is 0 Å². The van der Waals surface area contributed by atoms with Gasteiger partial charge in [-0.25, -0.2) is 0 Å². The molecule has 1 unspecified atom stereocenters. The first-order valence-electron chi connectivity index (χ1n) is 5.97. The second kappa shape index (κ2) is 4.36. The fourth-order valence-corrected chi connectivity index (χ4v) is 2.53. The van der Waals surface area contributed by atoms with E-state index in [9.17, 15) is 0 Å². The highest BCUT2D eigenvalue weighted by atomic mass is 14.9. The lowest BCUT2D eigenvalue weighted by molar-refractivity contribution is 0.239. The Morgan fingerprint density at radius 1 is 1.27 bits per heavy atom. The summed E-state index contributed by atoms with van der Waals surface area (Å²) in [7, 11) is 2.09. The highest BCUT2D eigenvalue weighted by Crippen LogP contribution is 2.38. The topological polar surface area (TPSA) is 12.0 Å². The van der Waals surface area contributed by atoms with Crippen LogP contribution in [-0.2, 0) is 0 Å². The molecule has 1 aromatic rings. The summed E-state index contributed by atoms with van der Waals surface area (Å²) in [6.07, 6.45) is 4.19. The lowest BCUT2D eigenvalue weighted by Crippen LogP contribution is -2.30. The van der Waals surface area contributed by atoms with Crippen LogP contribution in [0.2, 0.25) is 0 Å². The van der Waals surface area contributed by atoms with Crippen molar-refractivity contribution in [3.8, 4) is 0 Å². The molecule has 0 bridgehead atoms. The average molecular weight is 203 g/mol. The maximum Gasteiger partial charge on any atom is 0.0348 e. The summed E-state index contributed by atoms with van der Waals surface area (Å²) in [4.78, 5) is 0. The van der Waals surface area contributed by atoms with Crippen molar-refractivity contribution in [2.75, 3.05) is 7.05 Å². The minimum Gasteiger partial charge on any atom is -0.313 e. The first-order chi connectivity index (χ1) is 7.24. The van der Waals surface area contributed by atoms with Gasteiger partial charge in [-0.1, -0.05) is 24.6 Å². The maximum atomic E-state index is 3.49. The van der Waals surface area contributed by atoms with Crippen molar-refractivity contribution in [1.29, 1.82) is 0 Å². The number of hydrogen-bond donors (Lipinski definition) is 1. The lowest BCUT2D eigenvalue weighted by atomic mass is 9.76. The molecule has 1 heteroatoms. The van der Waals surface area contributed by atoms with Gasteiger partial charge in [0.25, 0.3) is 0 Å². The molecule has 1 nitrogen and oxygen atoms in total. The zero-order valence-electron chi connectivity index (χ0n) is 10.0. The second-order valence-electron chi connectivity index (χ2n) is 4.75. The Balaban J connectivity index is 2.29. The molecule has 0 radical (unpaired) electrons. The van der Waals surface area contributed by atoms with Gasteiger partial charge in [-0.15, -0.1) is 0 Å². The molecule has 1 fully saturated rings. The number of rotatable bonds is 3. The van der Waals surface area contributed by atoms with Gasteiger partial charge < -0.3 is 5.32 Å². The van der Waals surface area contributed by atoms with Crippen LogP contribution >= 0.6 is 0 Å². The Labute approximate surface area is 92.9 Å². The van der Waals surface area contributed by atoms with E-state index in [2.05, 4.69) is 44.4 Å². The van der Waals surface area contributed by atoms with Crippen LogP contribution in [0.4, 0.5) is 0 Å². The average Bonchev–Trinajstić information content (AvgIpc) is 2.16. The normalized spacial score (nSPS) is 18.6. The van der Waals surface area contributed by atoms with Crippen molar-refractivity contribution >= 4 is 0 Å². The van der Waals surface area contributed by atoms with Crippen LogP contribution in [0.25, 0.3) is 0 Å². The summed E-state index contributed by atoms with van der Waals surface area (Å²) < 4.78 is 0. The van der Waals surface area contributed by atoms with Crippen LogP contribution < -0.4 is 5.32 Å². The number of aryl methyl sites for hydroxylation is 1. The van der Waals surface area contributed by atoms with Crippen molar-refractivity contribution in [1.82, 2.24) is 5.32 Å². The molecule has 82 valence electrons. The quantitative estimate of drug-likeness (QED) is 0.794. The van der Waals surface area contributed by atoms with Crippen LogP contribution in [0.5, 0.6) is 0 Å². The maximum absolute atomic E-state index is 3.49. The Morgan fingerprint density at radius 2 is 2.00 bits per heavy atom. The molecule has 2 rings (SSSR count). The third-order valence-electron chi connectivity index (χ3n) is 3.91. The molecule has 0 heterocycles. The number of benzene rings is 1. The standard InChI is InChI=1S/C14H21N/c1-10-6-4-9-13(11(10)2)14(15-3)12-7-5-8-12/h4,6,9,12,14-15H,5,7-8H2,1-3H3. The molecular formula is C14H21N. The third-order valence-corrected chi connectivity index (χ3v) is 3.91. The van der Waals surface area contributed by atoms with Crippen LogP contribution in [0.1, 0.15) is 42.0 Å². The fourth-order valence-electron chi connectivity index (χ4n) is 2.53. The van der Waals surface area contributed by atoms with E-state index in [1.165, 1.54) is 36.0 Å². The van der Waals surface area contributed by atoms with Crippen molar-refractivity contribution in [3.05, 3.63) is 34.9 Å². The van der Waals surface area contributed by atoms with Gasteiger partial charge in [0.1, 0.15) is 0 Å².